The fourth-order valence-electron chi connectivity index (χ4n) is 2.80. The molecule has 0 unspecified atom stereocenters. The third-order valence-electron chi connectivity index (χ3n) is 4.03. The molecule has 1 aromatic carbocycles. The van der Waals surface area contributed by atoms with Crippen LogP contribution >= 0.6 is 23.1 Å². The van der Waals surface area contributed by atoms with Crippen molar-refractivity contribution in [1.29, 1.82) is 0 Å². The Balaban J connectivity index is 1.44. The number of nitrogens with zero attached hydrogens (tertiary/aromatic N) is 3. The Kier molecular flexibility index (Phi) is 4.01. The normalized spacial score (nSPS) is 14.0. The first-order chi connectivity index (χ1) is 11.3. The number of thioether (sulfide) groups is 1. The summed E-state index contributed by atoms with van der Waals surface area (Å²) in [6.07, 6.45) is 2.51. The Morgan fingerprint density at radius 2 is 2.09 bits per heavy atom. The molecule has 1 aliphatic rings. The van der Waals surface area contributed by atoms with Crippen LogP contribution in [0.3, 0.4) is 0 Å². The van der Waals surface area contributed by atoms with Crippen LogP contribution in [0.2, 0.25) is 0 Å². The quantitative estimate of drug-likeness (QED) is 0.541. The Morgan fingerprint density at radius 3 is 3.00 bits per heavy atom. The highest BCUT2D eigenvalue weighted by Crippen LogP contribution is 2.29. The second-order valence-electron chi connectivity index (χ2n) is 5.44. The molecule has 0 atom stereocenters. The number of aromatic nitrogens is 2. The SMILES string of the molecule is O=C(CSc1ncnc2ccsc12)N1CCc2ccccc2C1. The number of fused-ring (bicyclic) bond motifs is 2. The zero-order valence-corrected chi connectivity index (χ0v) is 14.1. The molecule has 116 valence electrons. The van der Waals surface area contributed by atoms with Gasteiger partial charge in [0.2, 0.25) is 5.91 Å². The Bertz CT molecular complexity index is 862. The first-order valence-electron chi connectivity index (χ1n) is 7.47. The van der Waals surface area contributed by atoms with Crippen molar-refractivity contribution in [1.82, 2.24) is 14.9 Å². The fraction of sp³-hybridized carbons (Fsp3) is 0.235. The molecule has 0 aliphatic carbocycles. The highest BCUT2D eigenvalue weighted by Gasteiger charge is 2.20. The zero-order chi connectivity index (χ0) is 15.6. The number of thiophene rings is 1. The van der Waals surface area contributed by atoms with Crippen molar-refractivity contribution in [3.05, 3.63) is 53.2 Å². The molecule has 3 aromatic rings. The summed E-state index contributed by atoms with van der Waals surface area (Å²) in [5, 5.41) is 2.91. The fourth-order valence-corrected chi connectivity index (χ4v) is 4.65. The highest BCUT2D eigenvalue weighted by molar-refractivity contribution is 8.00. The van der Waals surface area contributed by atoms with Gasteiger partial charge in [-0.25, -0.2) is 9.97 Å². The van der Waals surface area contributed by atoms with Crippen LogP contribution in [0.15, 0.2) is 47.1 Å². The molecular formula is C17H15N3OS2. The van der Waals surface area contributed by atoms with E-state index in [1.165, 1.54) is 22.9 Å². The van der Waals surface area contributed by atoms with E-state index >= 15 is 0 Å². The van der Waals surface area contributed by atoms with E-state index in [9.17, 15) is 4.79 Å². The lowest BCUT2D eigenvalue weighted by Gasteiger charge is -2.28. The number of benzene rings is 1. The summed E-state index contributed by atoms with van der Waals surface area (Å²) in [6, 6.07) is 10.3. The van der Waals surface area contributed by atoms with Gasteiger partial charge in [-0.05, 0) is 29.0 Å². The van der Waals surface area contributed by atoms with Gasteiger partial charge in [0.25, 0.3) is 0 Å². The number of rotatable bonds is 3. The van der Waals surface area contributed by atoms with E-state index in [4.69, 9.17) is 0 Å². The van der Waals surface area contributed by atoms with Crippen molar-refractivity contribution in [2.24, 2.45) is 0 Å². The summed E-state index contributed by atoms with van der Waals surface area (Å²) in [6.45, 7) is 1.52. The van der Waals surface area contributed by atoms with Crippen LogP contribution in [-0.2, 0) is 17.8 Å². The Morgan fingerprint density at radius 1 is 1.22 bits per heavy atom. The maximum atomic E-state index is 12.5. The molecule has 3 heterocycles. The van der Waals surface area contributed by atoms with Gasteiger partial charge >= 0.3 is 0 Å². The summed E-state index contributed by atoms with van der Waals surface area (Å²) < 4.78 is 1.06. The molecule has 0 N–H and O–H groups in total. The molecule has 4 nitrogen and oxygen atoms in total. The molecule has 0 spiro atoms. The summed E-state index contributed by atoms with van der Waals surface area (Å²) in [5.74, 6) is 0.597. The number of carbonyl (C=O) groups is 1. The number of hydrogen-bond acceptors (Lipinski definition) is 5. The molecule has 1 amide bonds. The lowest BCUT2D eigenvalue weighted by Crippen LogP contribution is -2.37. The van der Waals surface area contributed by atoms with Gasteiger partial charge in [0.1, 0.15) is 11.4 Å². The van der Waals surface area contributed by atoms with Gasteiger partial charge in [-0.2, -0.15) is 0 Å². The molecule has 0 saturated carbocycles. The van der Waals surface area contributed by atoms with Crippen LogP contribution in [0.4, 0.5) is 0 Å². The third kappa shape index (κ3) is 2.96. The van der Waals surface area contributed by atoms with E-state index in [1.54, 1.807) is 17.7 Å². The largest absolute Gasteiger partial charge is 0.337 e. The summed E-state index contributed by atoms with van der Waals surface area (Å²) in [4.78, 5) is 23.0. The maximum Gasteiger partial charge on any atom is 0.233 e. The lowest BCUT2D eigenvalue weighted by atomic mass is 10.00. The van der Waals surface area contributed by atoms with E-state index in [-0.39, 0.29) is 5.91 Å². The van der Waals surface area contributed by atoms with Gasteiger partial charge in [0, 0.05) is 13.1 Å². The van der Waals surface area contributed by atoms with Crippen LogP contribution < -0.4 is 0 Å². The minimum Gasteiger partial charge on any atom is -0.337 e. The molecule has 2 aromatic heterocycles. The monoisotopic (exact) mass is 341 g/mol. The summed E-state index contributed by atoms with van der Waals surface area (Å²) in [7, 11) is 0. The lowest BCUT2D eigenvalue weighted by molar-refractivity contribution is -0.129. The van der Waals surface area contributed by atoms with Crippen molar-refractivity contribution in [2.45, 2.75) is 18.0 Å². The molecule has 0 radical (unpaired) electrons. The minimum atomic E-state index is 0.174. The first kappa shape index (κ1) is 14.7. The number of hydrogen-bond donors (Lipinski definition) is 0. The van der Waals surface area contributed by atoms with E-state index in [1.807, 2.05) is 22.4 Å². The van der Waals surface area contributed by atoms with Crippen molar-refractivity contribution in [3.8, 4) is 0 Å². The second-order valence-corrected chi connectivity index (χ2v) is 7.32. The molecule has 0 bridgehead atoms. The van der Waals surface area contributed by atoms with Gasteiger partial charge in [0.05, 0.1) is 16.0 Å². The highest BCUT2D eigenvalue weighted by atomic mass is 32.2. The molecule has 0 saturated heterocycles. The van der Waals surface area contributed by atoms with Crippen LogP contribution in [0.25, 0.3) is 10.2 Å². The Hall–Kier alpha value is -1.92. The minimum absolute atomic E-state index is 0.174. The predicted molar refractivity (Wildman–Crippen MR) is 93.7 cm³/mol. The van der Waals surface area contributed by atoms with E-state index < -0.39 is 0 Å². The van der Waals surface area contributed by atoms with Crippen molar-refractivity contribution in [2.75, 3.05) is 12.3 Å². The van der Waals surface area contributed by atoms with Crippen molar-refractivity contribution < 1.29 is 4.79 Å². The average molecular weight is 341 g/mol. The molecule has 23 heavy (non-hydrogen) atoms. The molecule has 1 aliphatic heterocycles. The van der Waals surface area contributed by atoms with Crippen molar-refractivity contribution >= 4 is 39.2 Å². The summed E-state index contributed by atoms with van der Waals surface area (Å²) in [5.41, 5.74) is 3.58. The molecule has 4 rings (SSSR count). The van der Waals surface area contributed by atoms with Gasteiger partial charge in [-0.15, -0.1) is 11.3 Å². The third-order valence-corrected chi connectivity index (χ3v) is 6.04. The standard InChI is InChI=1S/C17H15N3OS2/c21-15(20-7-5-12-3-1-2-4-13(12)9-20)10-23-17-16-14(6-8-22-16)18-11-19-17/h1-4,6,8,11H,5,7,9-10H2. The predicted octanol–water partition coefficient (Wildman–Crippen LogP) is 3.37. The van der Waals surface area contributed by atoms with Crippen LogP contribution in [-0.4, -0.2) is 33.1 Å². The molecule has 6 heteroatoms. The smallest absolute Gasteiger partial charge is 0.233 e. The van der Waals surface area contributed by atoms with Gasteiger partial charge in [0.15, 0.2) is 0 Å². The zero-order valence-electron chi connectivity index (χ0n) is 12.4. The molecule has 0 fully saturated rings. The molecular weight excluding hydrogens is 326 g/mol. The topological polar surface area (TPSA) is 46.1 Å². The van der Waals surface area contributed by atoms with Crippen LogP contribution in [0, 0.1) is 0 Å². The average Bonchev–Trinajstić information content (AvgIpc) is 3.08. The van der Waals surface area contributed by atoms with Gasteiger partial charge in [-0.3, -0.25) is 4.79 Å². The maximum absolute atomic E-state index is 12.5. The van der Waals surface area contributed by atoms with Crippen LogP contribution in [0.1, 0.15) is 11.1 Å². The van der Waals surface area contributed by atoms with Gasteiger partial charge < -0.3 is 4.90 Å². The van der Waals surface area contributed by atoms with E-state index in [0.29, 0.717) is 12.3 Å². The van der Waals surface area contributed by atoms with Crippen LogP contribution in [0.5, 0.6) is 0 Å². The Labute approximate surface area is 142 Å². The van der Waals surface area contributed by atoms with E-state index in [2.05, 4.69) is 28.2 Å². The number of carbonyl (C=O) groups excluding carboxylic acids is 1. The van der Waals surface area contributed by atoms with Crippen molar-refractivity contribution in [3.63, 3.8) is 0 Å². The summed E-state index contributed by atoms with van der Waals surface area (Å²) >= 11 is 3.13. The van der Waals surface area contributed by atoms with Gasteiger partial charge in [-0.1, -0.05) is 36.0 Å². The first-order valence-corrected chi connectivity index (χ1v) is 9.33. The van der Waals surface area contributed by atoms with E-state index in [0.717, 1.165) is 28.2 Å². The second kappa shape index (κ2) is 6.29. The number of amides is 1.